The fourth-order valence-electron chi connectivity index (χ4n) is 2.54. The maximum atomic E-state index is 12.5. The number of hydrogen-bond donors (Lipinski definition) is 2. The van der Waals surface area contributed by atoms with Crippen molar-refractivity contribution in [1.82, 2.24) is 0 Å². The van der Waals surface area contributed by atoms with Gasteiger partial charge >= 0.3 is 0 Å². The number of aryl methyl sites for hydroxylation is 1. The molecule has 5 heteroatoms. The number of anilines is 1. The van der Waals surface area contributed by atoms with Crippen LogP contribution >= 0.6 is 28.1 Å². The van der Waals surface area contributed by atoms with Gasteiger partial charge in [0.1, 0.15) is 0 Å². The molecule has 0 heterocycles. The van der Waals surface area contributed by atoms with Crippen LogP contribution in [0.2, 0.25) is 0 Å². The van der Waals surface area contributed by atoms with E-state index < -0.39 is 5.41 Å². The molecule has 0 bridgehead atoms. The summed E-state index contributed by atoms with van der Waals surface area (Å²) in [6.45, 7) is 1.98. The van der Waals surface area contributed by atoms with Crippen molar-refractivity contribution in [3.8, 4) is 0 Å². The number of amides is 1. The summed E-state index contributed by atoms with van der Waals surface area (Å²) in [5.74, 6) is -0.0702. The Morgan fingerprint density at radius 2 is 2.05 bits per heavy atom. The summed E-state index contributed by atoms with van der Waals surface area (Å²) in [5.41, 5.74) is 7.01. The SMILES string of the molecule is Cc1cc(NC(=O)C2(C(N)=S)CCCC2)ccc1Br. The van der Waals surface area contributed by atoms with Crippen molar-refractivity contribution in [2.75, 3.05) is 5.32 Å². The number of nitrogens with one attached hydrogen (secondary N) is 1. The Kier molecular flexibility index (Phi) is 4.26. The maximum Gasteiger partial charge on any atom is 0.237 e. The van der Waals surface area contributed by atoms with Crippen molar-refractivity contribution in [3.63, 3.8) is 0 Å². The highest BCUT2D eigenvalue weighted by Gasteiger charge is 2.43. The van der Waals surface area contributed by atoms with E-state index in [0.717, 1.165) is 41.4 Å². The van der Waals surface area contributed by atoms with E-state index in [0.29, 0.717) is 4.99 Å². The fraction of sp³-hybridized carbons (Fsp3) is 0.429. The summed E-state index contributed by atoms with van der Waals surface area (Å²) in [5, 5.41) is 2.95. The van der Waals surface area contributed by atoms with Crippen LogP contribution in [-0.4, -0.2) is 10.9 Å². The third-order valence-electron chi connectivity index (χ3n) is 3.78. The van der Waals surface area contributed by atoms with Crippen LogP contribution in [0, 0.1) is 12.3 Å². The molecule has 3 nitrogen and oxygen atoms in total. The molecule has 3 N–H and O–H groups in total. The second-order valence-corrected chi connectivity index (χ2v) is 6.37. The number of hydrogen-bond acceptors (Lipinski definition) is 2. The number of carbonyl (C=O) groups is 1. The summed E-state index contributed by atoms with van der Waals surface area (Å²) in [4.78, 5) is 12.8. The molecule has 0 spiro atoms. The number of thiocarbonyl (C=S) groups is 1. The van der Waals surface area contributed by atoms with Crippen LogP contribution in [-0.2, 0) is 4.79 Å². The Labute approximate surface area is 127 Å². The van der Waals surface area contributed by atoms with E-state index in [-0.39, 0.29) is 5.91 Å². The lowest BCUT2D eigenvalue weighted by molar-refractivity contribution is -0.122. The topological polar surface area (TPSA) is 55.1 Å². The van der Waals surface area contributed by atoms with Crippen LogP contribution in [0.3, 0.4) is 0 Å². The molecule has 1 amide bonds. The molecule has 0 atom stereocenters. The Morgan fingerprint density at radius 1 is 1.42 bits per heavy atom. The van der Waals surface area contributed by atoms with E-state index in [2.05, 4.69) is 21.2 Å². The maximum absolute atomic E-state index is 12.5. The zero-order chi connectivity index (χ0) is 14.0. The number of halogens is 1. The van der Waals surface area contributed by atoms with Gasteiger partial charge in [-0.1, -0.05) is 41.0 Å². The minimum Gasteiger partial charge on any atom is -0.392 e. The lowest BCUT2D eigenvalue weighted by Crippen LogP contribution is -2.43. The number of nitrogens with two attached hydrogens (primary N) is 1. The fourth-order valence-corrected chi connectivity index (χ4v) is 3.08. The molecule has 1 saturated carbocycles. The first kappa shape index (κ1) is 14.5. The predicted molar refractivity (Wildman–Crippen MR) is 85.2 cm³/mol. The van der Waals surface area contributed by atoms with E-state index in [1.54, 1.807) is 0 Å². The van der Waals surface area contributed by atoms with Crippen molar-refractivity contribution >= 4 is 44.7 Å². The number of carbonyl (C=O) groups excluding carboxylic acids is 1. The van der Waals surface area contributed by atoms with Crippen LogP contribution in [0.4, 0.5) is 5.69 Å². The molecule has 1 aromatic rings. The lowest BCUT2D eigenvalue weighted by Gasteiger charge is -2.26. The first-order valence-electron chi connectivity index (χ1n) is 6.33. The quantitative estimate of drug-likeness (QED) is 0.827. The molecule has 1 aliphatic carbocycles. The monoisotopic (exact) mass is 340 g/mol. The van der Waals surface area contributed by atoms with Crippen LogP contribution in [0.1, 0.15) is 31.2 Å². The third kappa shape index (κ3) is 2.82. The largest absolute Gasteiger partial charge is 0.392 e. The molecule has 2 rings (SSSR count). The molecular formula is C14H17BrN2OS. The van der Waals surface area contributed by atoms with E-state index in [1.807, 2.05) is 25.1 Å². The molecule has 0 saturated heterocycles. The number of benzene rings is 1. The van der Waals surface area contributed by atoms with Gasteiger partial charge in [-0.3, -0.25) is 4.79 Å². The lowest BCUT2D eigenvalue weighted by atomic mass is 9.85. The van der Waals surface area contributed by atoms with E-state index in [1.165, 1.54) is 0 Å². The van der Waals surface area contributed by atoms with Gasteiger partial charge in [0.05, 0.1) is 10.4 Å². The third-order valence-corrected chi connectivity index (χ3v) is 5.06. The smallest absolute Gasteiger partial charge is 0.237 e. The Hall–Kier alpha value is -0.940. The van der Waals surface area contributed by atoms with Crippen molar-refractivity contribution in [1.29, 1.82) is 0 Å². The normalized spacial score (nSPS) is 17.2. The van der Waals surface area contributed by atoms with E-state index in [4.69, 9.17) is 18.0 Å². The Bertz CT molecular complexity index is 524. The first-order valence-corrected chi connectivity index (χ1v) is 7.53. The first-order chi connectivity index (χ1) is 8.95. The second-order valence-electron chi connectivity index (χ2n) is 5.07. The highest BCUT2D eigenvalue weighted by atomic mass is 79.9. The van der Waals surface area contributed by atoms with Crippen molar-refractivity contribution in [2.45, 2.75) is 32.6 Å². The number of rotatable bonds is 3. The highest BCUT2D eigenvalue weighted by molar-refractivity contribution is 9.10. The Morgan fingerprint density at radius 3 is 2.58 bits per heavy atom. The van der Waals surface area contributed by atoms with Gasteiger partial charge in [0.2, 0.25) is 5.91 Å². The average Bonchev–Trinajstić information content (AvgIpc) is 2.84. The van der Waals surface area contributed by atoms with E-state index >= 15 is 0 Å². The average molecular weight is 341 g/mol. The standard InChI is InChI=1S/C14H17BrN2OS/c1-9-8-10(4-5-11(9)15)17-13(18)14(12(16)19)6-2-3-7-14/h4-5,8H,2-3,6-7H2,1H3,(H2,16,19)(H,17,18). The summed E-state index contributed by atoms with van der Waals surface area (Å²) < 4.78 is 1.02. The molecule has 0 radical (unpaired) electrons. The van der Waals surface area contributed by atoms with Gasteiger partial charge in [0.15, 0.2) is 0 Å². The predicted octanol–water partition coefficient (Wildman–Crippen LogP) is 3.54. The van der Waals surface area contributed by atoms with Crippen LogP contribution < -0.4 is 11.1 Å². The van der Waals surface area contributed by atoms with Crippen molar-refractivity contribution < 1.29 is 4.79 Å². The van der Waals surface area contributed by atoms with Crippen molar-refractivity contribution in [2.24, 2.45) is 11.1 Å². The van der Waals surface area contributed by atoms with Gasteiger partial charge in [0, 0.05) is 10.2 Å². The zero-order valence-electron chi connectivity index (χ0n) is 10.8. The minimum absolute atomic E-state index is 0.0702. The van der Waals surface area contributed by atoms with Gasteiger partial charge in [-0.2, -0.15) is 0 Å². The molecule has 0 unspecified atom stereocenters. The van der Waals surface area contributed by atoms with Crippen LogP contribution in [0.15, 0.2) is 22.7 Å². The summed E-state index contributed by atoms with van der Waals surface area (Å²) in [6.07, 6.45) is 3.52. The zero-order valence-corrected chi connectivity index (χ0v) is 13.2. The molecule has 1 aliphatic rings. The van der Waals surface area contributed by atoms with Gasteiger partial charge in [-0.25, -0.2) is 0 Å². The summed E-state index contributed by atoms with van der Waals surface area (Å²) in [6, 6.07) is 5.73. The van der Waals surface area contributed by atoms with Crippen molar-refractivity contribution in [3.05, 3.63) is 28.2 Å². The summed E-state index contributed by atoms with van der Waals surface area (Å²) >= 11 is 8.56. The molecule has 102 valence electrons. The van der Waals surface area contributed by atoms with Gasteiger partial charge < -0.3 is 11.1 Å². The van der Waals surface area contributed by atoms with Gasteiger partial charge in [-0.15, -0.1) is 0 Å². The molecule has 0 aromatic heterocycles. The second kappa shape index (κ2) is 5.59. The molecule has 0 aliphatic heterocycles. The molecular weight excluding hydrogens is 324 g/mol. The molecule has 19 heavy (non-hydrogen) atoms. The van der Waals surface area contributed by atoms with E-state index in [9.17, 15) is 4.79 Å². The van der Waals surface area contributed by atoms with Gasteiger partial charge in [0.25, 0.3) is 0 Å². The minimum atomic E-state index is -0.656. The van der Waals surface area contributed by atoms with Crippen LogP contribution in [0.5, 0.6) is 0 Å². The van der Waals surface area contributed by atoms with Crippen LogP contribution in [0.25, 0.3) is 0 Å². The van der Waals surface area contributed by atoms with Gasteiger partial charge in [-0.05, 0) is 43.5 Å². The summed E-state index contributed by atoms with van der Waals surface area (Å²) in [7, 11) is 0. The molecule has 1 aromatic carbocycles. The Balaban J connectivity index is 2.20. The highest BCUT2D eigenvalue weighted by Crippen LogP contribution is 2.39. The molecule has 1 fully saturated rings.